The number of aromatic nitrogens is 6. The van der Waals surface area contributed by atoms with E-state index in [1.54, 1.807) is 4.90 Å². The van der Waals surface area contributed by atoms with Crippen molar-refractivity contribution in [3.05, 3.63) is 179 Å². The number of carbonyl (C=O) groups is 3. The summed E-state index contributed by atoms with van der Waals surface area (Å²) in [6.07, 6.45) is -4.01. The van der Waals surface area contributed by atoms with Crippen LogP contribution in [0, 0.1) is 6.92 Å². The molecule has 2 N–H and O–H groups in total. The smallest absolute Gasteiger partial charge is 0.406 e. The molecule has 2 aromatic heterocycles. The molecular weight excluding hydrogens is 1180 g/mol. The highest BCUT2D eigenvalue weighted by molar-refractivity contribution is 8.15. The molecule has 0 radical (unpaired) electrons. The summed E-state index contributed by atoms with van der Waals surface area (Å²) in [6, 6.07) is 37.2. The van der Waals surface area contributed by atoms with Crippen LogP contribution in [0.1, 0.15) is 84.7 Å². The van der Waals surface area contributed by atoms with Gasteiger partial charge in [-0.15, -0.1) is 36.5 Å². The van der Waals surface area contributed by atoms with Gasteiger partial charge in [-0.25, -0.2) is 28.9 Å². The third-order valence-electron chi connectivity index (χ3n) is 15.4. The van der Waals surface area contributed by atoms with Crippen LogP contribution in [0.3, 0.4) is 0 Å². The number of anilines is 2. The number of hydrogen-bond donors (Lipinski definition) is 2. The fourth-order valence-electron chi connectivity index (χ4n) is 10.9. The van der Waals surface area contributed by atoms with Gasteiger partial charge in [0.25, 0.3) is 0 Å². The zero-order valence-electron chi connectivity index (χ0n) is 47.7. The molecule has 4 fully saturated rings. The Morgan fingerprint density at radius 3 is 1.69 bits per heavy atom. The number of thioether (sulfide) groups is 2. The van der Waals surface area contributed by atoms with Crippen LogP contribution in [-0.2, 0) is 17.6 Å². The van der Waals surface area contributed by atoms with Gasteiger partial charge in [0.15, 0.2) is 22.0 Å². The highest BCUT2D eigenvalue weighted by Gasteiger charge is 2.42. The first-order valence-corrected chi connectivity index (χ1v) is 30.2. The molecule has 25 heteroatoms. The molecule has 6 aromatic carbocycles. The molecule has 0 bridgehead atoms. The largest absolute Gasteiger partial charge is 0.573 e. The third-order valence-corrected chi connectivity index (χ3v) is 17.5. The van der Waals surface area contributed by atoms with Crippen molar-refractivity contribution in [2.45, 2.75) is 101 Å². The highest BCUT2D eigenvalue weighted by atomic mass is 32.2. The number of amides is 5. The minimum atomic E-state index is -4.80. The zero-order valence-corrected chi connectivity index (χ0v) is 49.3. The van der Waals surface area contributed by atoms with Gasteiger partial charge >= 0.3 is 24.8 Å². The predicted octanol–water partition coefficient (Wildman–Crippen LogP) is 13.5. The second-order valence-electron chi connectivity index (χ2n) is 22.0. The first-order chi connectivity index (χ1) is 42.2. The van der Waals surface area contributed by atoms with Crippen molar-refractivity contribution in [2.75, 3.05) is 22.1 Å². The van der Waals surface area contributed by atoms with Gasteiger partial charge in [0.2, 0.25) is 5.91 Å². The quantitative estimate of drug-likeness (QED) is 0.0873. The van der Waals surface area contributed by atoms with Crippen molar-refractivity contribution < 1.29 is 50.2 Å². The number of ether oxygens (including phenoxy) is 2. The lowest BCUT2D eigenvalue weighted by atomic mass is 9.98. The van der Waals surface area contributed by atoms with E-state index < -0.39 is 24.8 Å². The zero-order chi connectivity index (χ0) is 61.6. The van der Waals surface area contributed by atoms with Gasteiger partial charge in [-0.3, -0.25) is 9.69 Å². The van der Waals surface area contributed by atoms with E-state index in [0.717, 1.165) is 56.6 Å². The summed E-state index contributed by atoms with van der Waals surface area (Å²) in [7, 11) is 0. The fourth-order valence-corrected chi connectivity index (χ4v) is 13.0. The lowest BCUT2D eigenvalue weighted by Crippen LogP contribution is -2.33. The Morgan fingerprint density at radius 1 is 0.670 bits per heavy atom. The number of nitrogens with one attached hydrogen (secondary N) is 2. The van der Waals surface area contributed by atoms with E-state index in [1.165, 1.54) is 94.1 Å². The predicted molar refractivity (Wildman–Crippen MR) is 325 cm³/mol. The van der Waals surface area contributed by atoms with Crippen molar-refractivity contribution >= 4 is 63.2 Å². The molecule has 88 heavy (non-hydrogen) atoms. The normalized spacial score (nSPS) is 20.1. The number of hydrogen-bond acceptors (Lipinski definition) is 11. The van der Waals surface area contributed by atoms with Crippen LogP contribution < -0.4 is 29.9 Å². The van der Waals surface area contributed by atoms with Gasteiger partial charge in [0.1, 0.15) is 24.2 Å². The van der Waals surface area contributed by atoms with E-state index in [4.69, 9.17) is 4.99 Å². The Morgan fingerprint density at radius 2 is 1.19 bits per heavy atom. The lowest BCUT2D eigenvalue weighted by Gasteiger charge is -2.24. The number of rotatable bonds is 16. The topological polar surface area (TPSA) is 186 Å². The van der Waals surface area contributed by atoms with Crippen LogP contribution in [0.15, 0.2) is 156 Å². The Balaban J connectivity index is 0.686. The maximum atomic E-state index is 13.9. The van der Waals surface area contributed by atoms with Crippen LogP contribution in [-0.4, -0.2) is 100 Å². The Kier molecular flexibility index (Phi) is 16.4. The lowest BCUT2D eigenvalue weighted by molar-refractivity contribution is -0.275. The SMILES string of the molecule is CCc1ccc(CC2CN(c3cc(C)ccc3C(C)C)C(=NC(=O)NC3CC3c3ccc(-c4ncn(-c5ccc(OC(F)(F)F)cc5)n4)cc3)S2)cc1N1C(=O)CSC1=NC(=O)NC1CC1c1ccc(-c2ncn(-c3ccc(OC(F)(F)F)cc3)n2)cc1. The molecule has 5 atom stereocenters. The molecule has 17 nitrogen and oxygen atoms in total. The van der Waals surface area contributed by atoms with E-state index in [2.05, 4.69) is 88.3 Å². The van der Waals surface area contributed by atoms with E-state index in [9.17, 15) is 40.7 Å². The second-order valence-corrected chi connectivity index (χ2v) is 24.3. The molecule has 5 unspecified atom stereocenters. The van der Waals surface area contributed by atoms with Crippen molar-refractivity contribution in [3.63, 3.8) is 0 Å². The molecule has 4 heterocycles. The molecule has 8 aromatic rings. The molecule has 2 saturated carbocycles. The maximum absolute atomic E-state index is 13.9. The van der Waals surface area contributed by atoms with Crippen LogP contribution in [0.25, 0.3) is 34.2 Å². The van der Waals surface area contributed by atoms with Crippen LogP contribution in [0.5, 0.6) is 11.5 Å². The maximum Gasteiger partial charge on any atom is 0.573 e. The van der Waals surface area contributed by atoms with Crippen molar-refractivity contribution in [1.82, 2.24) is 40.2 Å². The molecule has 12 rings (SSSR count). The van der Waals surface area contributed by atoms with E-state index in [-0.39, 0.29) is 58.2 Å². The van der Waals surface area contributed by atoms with E-state index >= 15 is 0 Å². The van der Waals surface area contributed by atoms with Crippen molar-refractivity contribution in [3.8, 4) is 45.6 Å². The molecule has 2 saturated heterocycles. The van der Waals surface area contributed by atoms with Crippen LogP contribution in [0.2, 0.25) is 0 Å². The summed E-state index contributed by atoms with van der Waals surface area (Å²) in [5, 5.41) is 16.0. The number of carbonyl (C=O) groups excluding carboxylic acids is 3. The molecule has 0 spiro atoms. The van der Waals surface area contributed by atoms with Gasteiger partial charge < -0.3 is 25.0 Å². The van der Waals surface area contributed by atoms with Gasteiger partial charge in [-0.1, -0.05) is 117 Å². The minimum Gasteiger partial charge on any atom is -0.406 e. The molecule has 452 valence electrons. The van der Waals surface area contributed by atoms with Gasteiger partial charge in [-0.05, 0) is 133 Å². The molecule has 2 aliphatic carbocycles. The molecular formula is C63H56F6N12O5S2. The standard InChI is InChI=1S/C63H56F6N12O5S2/c1-5-38-8-7-37(28-53(38)81-55(82)32-87-61(81)75-59(84)73-52-30-50(52)40-11-15-42(16-12-40)57-71-34-80(77-57)44-19-23-46(24-20-44)86-63(67,68)69)27-47-31-78(54-26-36(4)6-25-48(54)35(2)3)60(88-47)74-58(83)72-51-29-49(51)39-9-13-41(14-10-39)56-70-33-79(76-56)43-17-21-45(22-18-43)85-62(64,65)66/h6-26,28,33-35,47,49-52H,5,27,29-32H2,1-4H3,(H,72,83)(H,73,84). The second kappa shape index (κ2) is 24.3. The average molecular weight is 1240 g/mol. The number of aryl methyl sites for hydroxylation is 2. The van der Waals surface area contributed by atoms with E-state index in [1.807, 2.05) is 74.5 Å². The molecule has 4 aliphatic rings. The first-order valence-electron chi connectivity index (χ1n) is 28.3. The third kappa shape index (κ3) is 13.7. The number of amidine groups is 2. The summed E-state index contributed by atoms with van der Waals surface area (Å²) < 4.78 is 86.7. The minimum absolute atomic E-state index is 0.0380. The molecule has 5 amide bonds. The summed E-state index contributed by atoms with van der Waals surface area (Å²) in [6.45, 7) is 8.90. The van der Waals surface area contributed by atoms with E-state index in [0.29, 0.717) is 64.9 Å². The van der Waals surface area contributed by atoms with Crippen molar-refractivity contribution in [2.24, 2.45) is 9.98 Å². The van der Waals surface area contributed by atoms with Gasteiger partial charge in [0, 0.05) is 52.5 Å². The van der Waals surface area contributed by atoms with Gasteiger partial charge in [0.05, 0.1) is 22.8 Å². The summed E-state index contributed by atoms with van der Waals surface area (Å²) >= 11 is 2.75. The van der Waals surface area contributed by atoms with Crippen LogP contribution >= 0.6 is 23.5 Å². The Labute approximate surface area is 509 Å². The number of nitrogens with zero attached hydrogens (tertiary/aromatic N) is 10. The number of aliphatic imine (C=N–C) groups is 2. The average Bonchev–Trinajstić information content (AvgIpc) is 1.85. The number of alkyl halides is 6. The first kappa shape index (κ1) is 59.4. The summed E-state index contributed by atoms with van der Waals surface area (Å²) in [5.41, 5.74) is 10.2. The Hall–Kier alpha value is -8.97. The Bertz CT molecular complexity index is 3990. The molecule has 2 aliphatic heterocycles. The highest BCUT2D eigenvalue weighted by Crippen LogP contribution is 2.44. The van der Waals surface area contributed by atoms with Gasteiger partial charge in [-0.2, -0.15) is 9.98 Å². The van der Waals surface area contributed by atoms with Crippen LogP contribution in [0.4, 0.5) is 47.3 Å². The summed E-state index contributed by atoms with van der Waals surface area (Å²) in [5.74, 6) is 0.393. The number of benzene rings is 6. The number of urea groups is 2. The fraction of sp³-hybridized carbons (Fsp3) is 0.286. The number of halogens is 6. The van der Waals surface area contributed by atoms with Crippen molar-refractivity contribution in [1.29, 1.82) is 0 Å². The monoisotopic (exact) mass is 1240 g/mol. The summed E-state index contributed by atoms with van der Waals surface area (Å²) in [4.78, 5) is 63.0.